The van der Waals surface area contributed by atoms with Crippen LogP contribution >= 0.6 is 0 Å². The lowest BCUT2D eigenvalue weighted by Gasteiger charge is -2.05. The van der Waals surface area contributed by atoms with E-state index in [1.807, 2.05) is 0 Å². The van der Waals surface area contributed by atoms with Gasteiger partial charge in [-0.1, -0.05) is 6.07 Å². The number of nitrogens with zero attached hydrogens (tertiary/aromatic N) is 1. The van der Waals surface area contributed by atoms with Crippen LogP contribution in [0.1, 0.15) is 23.7 Å². The van der Waals surface area contributed by atoms with Gasteiger partial charge in [0.1, 0.15) is 5.75 Å². The molecule has 118 valence electrons. The van der Waals surface area contributed by atoms with Crippen LogP contribution in [0.3, 0.4) is 0 Å². The van der Waals surface area contributed by atoms with Gasteiger partial charge in [-0.25, -0.2) is 9.78 Å². The Morgan fingerprint density at radius 2 is 1.78 bits per heavy atom. The normalized spacial score (nSPS) is 9.96. The highest BCUT2D eigenvalue weighted by Gasteiger charge is 2.19. The molecule has 0 saturated heterocycles. The molecule has 0 atom stereocenters. The topological polar surface area (TPSA) is 82.6 Å². The van der Waals surface area contributed by atoms with Crippen molar-refractivity contribution in [3.05, 3.63) is 54.2 Å². The molecule has 0 bridgehead atoms. The smallest absolute Gasteiger partial charge is 0.375 e. The molecule has 1 aromatic heterocycles. The maximum atomic E-state index is 12.0. The van der Waals surface area contributed by atoms with Crippen LogP contribution in [0.4, 0.5) is 0 Å². The number of pyridine rings is 1. The van der Waals surface area contributed by atoms with Crippen molar-refractivity contribution < 1.29 is 23.9 Å². The Kier molecular flexibility index (Phi) is 5.57. The number of hydrogen-bond donors (Lipinski definition) is 0. The molecule has 0 fully saturated rings. The molecule has 0 radical (unpaired) electrons. The first kappa shape index (κ1) is 16.4. The number of ketones is 2. The third-order valence-corrected chi connectivity index (χ3v) is 2.86. The fraction of sp³-hybridized carbons (Fsp3) is 0.176. The van der Waals surface area contributed by atoms with Gasteiger partial charge in [0.05, 0.1) is 13.0 Å². The lowest BCUT2D eigenvalue weighted by atomic mass is 10.1. The zero-order valence-electron chi connectivity index (χ0n) is 12.5. The van der Waals surface area contributed by atoms with E-state index in [2.05, 4.69) is 9.72 Å². The van der Waals surface area contributed by atoms with Crippen LogP contribution in [0.2, 0.25) is 0 Å². The fourth-order valence-electron chi connectivity index (χ4n) is 1.77. The summed E-state index contributed by atoms with van der Waals surface area (Å²) < 4.78 is 10.1. The maximum Gasteiger partial charge on any atom is 0.375 e. The van der Waals surface area contributed by atoms with Gasteiger partial charge >= 0.3 is 5.97 Å². The van der Waals surface area contributed by atoms with Crippen LogP contribution in [-0.2, 0) is 14.3 Å². The number of esters is 1. The molecule has 0 aliphatic rings. The van der Waals surface area contributed by atoms with Crippen LogP contribution in [0.25, 0.3) is 0 Å². The van der Waals surface area contributed by atoms with Crippen LogP contribution in [0.15, 0.2) is 48.7 Å². The van der Waals surface area contributed by atoms with E-state index in [0.29, 0.717) is 17.2 Å². The first-order valence-electron chi connectivity index (χ1n) is 7.02. The summed E-state index contributed by atoms with van der Waals surface area (Å²) in [6.45, 7) is 1.69. The van der Waals surface area contributed by atoms with E-state index in [4.69, 9.17) is 4.74 Å². The van der Waals surface area contributed by atoms with E-state index in [-0.39, 0.29) is 6.61 Å². The molecule has 0 unspecified atom stereocenters. The zero-order valence-corrected chi connectivity index (χ0v) is 12.5. The largest absolute Gasteiger partial charge is 0.460 e. The van der Waals surface area contributed by atoms with Crippen LogP contribution in [-0.4, -0.2) is 29.1 Å². The first-order chi connectivity index (χ1) is 11.1. The van der Waals surface area contributed by atoms with Gasteiger partial charge in [0.15, 0.2) is 5.78 Å². The first-order valence-corrected chi connectivity index (χ1v) is 7.02. The number of carbonyl (C=O) groups excluding carboxylic acids is 3. The quantitative estimate of drug-likeness (QED) is 0.338. The van der Waals surface area contributed by atoms with E-state index in [1.54, 1.807) is 43.5 Å². The molecule has 23 heavy (non-hydrogen) atoms. The predicted octanol–water partition coefficient (Wildman–Crippen LogP) is 2.58. The second kappa shape index (κ2) is 7.84. The average molecular weight is 313 g/mol. The lowest BCUT2D eigenvalue weighted by molar-refractivity contribution is -0.153. The van der Waals surface area contributed by atoms with Crippen molar-refractivity contribution in [1.82, 2.24) is 4.98 Å². The molecule has 6 heteroatoms. The highest BCUT2D eigenvalue weighted by atomic mass is 16.5. The SMILES string of the molecule is CCOC(=O)C(=O)CC(=O)c1ccc(Oc2ccccn2)cc1. The van der Waals surface area contributed by atoms with Crippen molar-refractivity contribution in [3.63, 3.8) is 0 Å². The Bertz CT molecular complexity index is 695. The van der Waals surface area contributed by atoms with Gasteiger partial charge in [-0.05, 0) is 37.3 Å². The van der Waals surface area contributed by atoms with Crippen LogP contribution < -0.4 is 4.74 Å². The second-order valence-corrected chi connectivity index (χ2v) is 4.54. The molecule has 0 amide bonds. The Labute approximate surface area is 133 Å². The van der Waals surface area contributed by atoms with Crippen molar-refractivity contribution >= 4 is 17.5 Å². The van der Waals surface area contributed by atoms with Crippen molar-refractivity contribution in [2.45, 2.75) is 13.3 Å². The summed E-state index contributed by atoms with van der Waals surface area (Å²) in [7, 11) is 0. The number of hydrogen-bond acceptors (Lipinski definition) is 6. The highest BCUT2D eigenvalue weighted by Crippen LogP contribution is 2.19. The summed E-state index contributed by atoms with van der Waals surface area (Å²) in [4.78, 5) is 38.7. The predicted molar refractivity (Wildman–Crippen MR) is 81.3 cm³/mol. The zero-order chi connectivity index (χ0) is 16.7. The number of carbonyl (C=O) groups is 3. The molecule has 1 aromatic carbocycles. The maximum absolute atomic E-state index is 12.0. The number of aromatic nitrogens is 1. The lowest BCUT2D eigenvalue weighted by Crippen LogP contribution is -2.20. The second-order valence-electron chi connectivity index (χ2n) is 4.54. The Morgan fingerprint density at radius 3 is 2.39 bits per heavy atom. The molecule has 2 aromatic rings. The summed E-state index contributed by atoms with van der Waals surface area (Å²) >= 11 is 0. The minimum atomic E-state index is -0.990. The molecule has 0 spiro atoms. The van der Waals surface area contributed by atoms with E-state index >= 15 is 0 Å². The molecule has 0 N–H and O–H groups in total. The Balaban J connectivity index is 1.97. The third-order valence-electron chi connectivity index (χ3n) is 2.86. The number of rotatable bonds is 7. The van der Waals surface area contributed by atoms with Gasteiger partial charge in [0.2, 0.25) is 11.7 Å². The number of benzene rings is 1. The standard InChI is InChI=1S/C17H15NO5/c1-2-22-17(21)15(20)11-14(19)12-6-8-13(9-7-12)23-16-5-3-4-10-18-16/h3-10H,2,11H2,1H3. The van der Waals surface area contributed by atoms with Gasteiger partial charge in [0, 0.05) is 17.8 Å². The summed E-state index contributed by atoms with van der Waals surface area (Å²) in [5.41, 5.74) is 0.316. The third kappa shape index (κ3) is 4.74. The molecule has 0 aliphatic heterocycles. The summed E-state index contributed by atoms with van der Waals surface area (Å²) in [6, 6.07) is 11.5. The van der Waals surface area contributed by atoms with Crippen molar-refractivity contribution in [2.75, 3.05) is 6.61 Å². The van der Waals surface area contributed by atoms with Crippen LogP contribution in [0.5, 0.6) is 11.6 Å². The van der Waals surface area contributed by atoms with Gasteiger partial charge in [-0.3, -0.25) is 9.59 Å². The number of ether oxygens (including phenoxy) is 2. The summed E-state index contributed by atoms with van der Waals surface area (Å²) in [6.07, 6.45) is 1.09. The van der Waals surface area contributed by atoms with E-state index < -0.39 is 24.0 Å². The van der Waals surface area contributed by atoms with E-state index in [9.17, 15) is 14.4 Å². The molecule has 1 heterocycles. The Hall–Kier alpha value is -3.02. The van der Waals surface area contributed by atoms with Gasteiger partial charge < -0.3 is 9.47 Å². The highest BCUT2D eigenvalue weighted by molar-refractivity contribution is 6.38. The van der Waals surface area contributed by atoms with Gasteiger partial charge in [-0.2, -0.15) is 0 Å². The molecule has 2 rings (SSSR count). The van der Waals surface area contributed by atoms with E-state index in [1.165, 1.54) is 12.1 Å². The fourth-order valence-corrected chi connectivity index (χ4v) is 1.77. The van der Waals surface area contributed by atoms with Crippen molar-refractivity contribution in [2.24, 2.45) is 0 Å². The van der Waals surface area contributed by atoms with Crippen molar-refractivity contribution in [1.29, 1.82) is 0 Å². The molecule has 6 nitrogen and oxygen atoms in total. The molecule has 0 aliphatic carbocycles. The molecule has 0 saturated carbocycles. The minimum absolute atomic E-state index is 0.0956. The number of Topliss-reactive ketones (excluding diaryl/α,β-unsaturated/α-hetero) is 2. The average Bonchev–Trinajstić information content (AvgIpc) is 2.56. The Morgan fingerprint density at radius 1 is 1.04 bits per heavy atom. The summed E-state index contributed by atoms with van der Waals surface area (Å²) in [5.74, 6) is -1.35. The summed E-state index contributed by atoms with van der Waals surface area (Å²) in [5, 5.41) is 0. The van der Waals surface area contributed by atoms with Gasteiger partial charge in [0.25, 0.3) is 0 Å². The van der Waals surface area contributed by atoms with Crippen LogP contribution in [0, 0.1) is 0 Å². The molecular weight excluding hydrogens is 298 g/mol. The van der Waals surface area contributed by atoms with Gasteiger partial charge in [-0.15, -0.1) is 0 Å². The minimum Gasteiger partial charge on any atom is -0.460 e. The van der Waals surface area contributed by atoms with E-state index in [0.717, 1.165) is 0 Å². The van der Waals surface area contributed by atoms with Crippen molar-refractivity contribution in [3.8, 4) is 11.6 Å². The monoisotopic (exact) mass is 313 g/mol. The molecular formula is C17H15NO5.